The molecule has 6 nitrogen and oxygen atoms in total. The predicted molar refractivity (Wildman–Crippen MR) is 155 cm³/mol. The molecule has 4 rings (SSSR count). The van der Waals surface area contributed by atoms with Crippen LogP contribution in [0.3, 0.4) is 0 Å². The van der Waals surface area contributed by atoms with Crippen molar-refractivity contribution in [2.45, 2.75) is 20.1 Å². The first-order chi connectivity index (χ1) is 19.4. The molecule has 0 spiro atoms. The Balaban J connectivity index is 1.45. The van der Waals surface area contributed by atoms with E-state index in [1.54, 1.807) is 48.5 Å². The summed E-state index contributed by atoms with van der Waals surface area (Å²) in [5.41, 5.74) is 2.70. The van der Waals surface area contributed by atoms with Crippen molar-refractivity contribution in [1.82, 2.24) is 0 Å². The molecular weight excluding hydrogens is 575 g/mol. The zero-order valence-electron chi connectivity index (χ0n) is 21.7. The largest absolute Gasteiger partial charge is 0.490 e. The number of nitrogens with one attached hydrogen (secondary N) is 1. The molecule has 1 amide bonds. The summed E-state index contributed by atoms with van der Waals surface area (Å²) in [5, 5.41) is 12.4. The third kappa shape index (κ3) is 7.95. The number of nitriles is 1. The van der Waals surface area contributed by atoms with Gasteiger partial charge < -0.3 is 19.5 Å². The molecule has 0 aliphatic heterocycles. The summed E-state index contributed by atoms with van der Waals surface area (Å²) >= 11 is 3.49. The molecule has 0 aliphatic rings. The average molecular weight is 601 g/mol. The number of hydrogen-bond acceptors (Lipinski definition) is 5. The fraction of sp³-hybridized carbons (Fsp3) is 0.125. The van der Waals surface area contributed by atoms with Crippen molar-refractivity contribution < 1.29 is 23.4 Å². The Labute approximate surface area is 240 Å². The minimum atomic E-state index is -0.559. The van der Waals surface area contributed by atoms with Gasteiger partial charge in [0.1, 0.15) is 36.4 Å². The minimum absolute atomic E-state index is 0.0963. The van der Waals surface area contributed by atoms with Crippen LogP contribution in [-0.4, -0.2) is 12.5 Å². The number of rotatable bonds is 11. The number of amides is 1. The van der Waals surface area contributed by atoms with Gasteiger partial charge in [0.25, 0.3) is 5.91 Å². The van der Waals surface area contributed by atoms with Crippen LogP contribution < -0.4 is 19.5 Å². The number of anilines is 1. The van der Waals surface area contributed by atoms with Crippen molar-refractivity contribution in [3.05, 3.63) is 124 Å². The van der Waals surface area contributed by atoms with Crippen molar-refractivity contribution >= 4 is 33.6 Å². The first-order valence-corrected chi connectivity index (χ1v) is 13.3. The van der Waals surface area contributed by atoms with Crippen molar-refractivity contribution in [2.24, 2.45) is 0 Å². The minimum Gasteiger partial charge on any atom is -0.490 e. The van der Waals surface area contributed by atoms with Crippen LogP contribution >= 0.6 is 15.9 Å². The lowest BCUT2D eigenvalue weighted by Crippen LogP contribution is -2.13. The van der Waals surface area contributed by atoms with E-state index in [1.807, 2.05) is 43.3 Å². The highest BCUT2D eigenvalue weighted by molar-refractivity contribution is 9.10. The monoisotopic (exact) mass is 600 g/mol. The first kappa shape index (κ1) is 28.4. The second-order valence-corrected chi connectivity index (χ2v) is 9.45. The zero-order chi connectivity index (χ0) is 28.3. The molecule has 4 aromatic carbocycles. The Morgan fingerprint density at radius 1 is 0.900 bits per heavy atom. The summed E-state index contributed by atoms with van der Waals surface area (Å²) in [6, 6.07) is 28.2. The normalized spacial score (nSPS) is 10.9. The van der Waals surface area contributed by atoms with Crippen molar-refractivity contribution in [1.29, 1.82) is 5.26 Å². The molecule has 8 heteroatoms. The molecule has 40 heavy (non-hydrogen) atoms. The summed E-state index contributed by atoms with van der Waals surface area (Å²) in [7, 11) is 0. The fourth-order valence-electron chi connectivity index (χ4n) is 3.71. The molecular formula is C32H26BrFN2O4. The van der Waals surface area contributed by atoms with Crippen LogP contribution in [0.2, 0.25) is 0 Å². The van der Waals surface area contributed by atoms with Gasteiger partial charge in [0.2, 0.25) is 0 Å². The summed E-state index contributed by atoms with van der Waals surface area (Å²) in [6.07, 6.45) is 1.47. The van der Waals surface area contributed by atoms with Gasteiger partial charge in [-0.2, -0.15) is 5.26 Å². The number of hydrogen-bond donors (Lipinski definition) is 1. The Morgan fingerprint density at radius 2 is 1.60 bits per heavy atom. The Hall–Kier alpha value is -4.61. The van der Waals surface area contributed by atoms with Gasteiger partial charge in [-0.05, 0) is 78.2 Å². The van der Waals surface area contributed by atoms with E-state index in [1.165, 1.54) is 18.2 Å². The molecule has 0 atom stereocenters. The molecule has 0 bridgehead atoms. The van der Waals surface area contributed by atoms with Crippen LogP contribution in [-0.2, 0) is 18.0 Å². The van der Waals surface area contributed by atoms with E-state index < -0.39 is 5.91 Å². The Bertz CT molecular complexity index is 1530. The molecule has 0 unspecified atom stereocenters. The summed E-state index contributed by atoms with van der Waals surface area (Å²) in [6.45, 7) is 2.78. The van der Waals surface area contributed by atoms with E-state index in [4.69, 9.17) is 14.2 Å². The highest BCUT2D eigenvalue weighted by atomic mass is 79.9. The first-order valence-electron chi connectivity index (χ1n) is 12.5. The SMILES string of the molecule is CCOc1cc(/C=C(\C#N)C(=O)Nc2ccc(OCc3ccccc3)cc2)c(Br)cc1OCc1cccc(F)c1. The average Bonchev–Trinajstić information content (AvgIpc) is 2.96. The number of benzene rings is 4. The molecule has 0 saturated carbocycles. The van der Waals surface area contributed by atoms with Gasteiger partial charge in [0, 0.05) is 10.2 Å². The lowest BCUT2D eigenvalue weighted by Gasteiger charge is -2.14. The van der Waals surface area contributed by atoms with E-state index in [2.05, 4.69) is 21.2 Å². The second kappa shape index (κ2) is 14.0. The summed E-state index contributed by atoms with van der Waals surface area (Å²) < 4.78 is 31.5. The molecule has 4 aromatic rings. The molecule has 0 radical (unpaired) electrons. The van der Waals surface area contributed by atoms with Crippen LogP contribution in [0.15, 0.2) is 101 Å². The van der Waals surface area contributed by atoms with Gasteiger partial charge in [0.15, 0.2) is 11.5 Å². The highest BCUT2D eigenvalue weighted by Crippen LogP contribution is 2.35. The van der Waals surface area contributed by atoms with Gasteiger partial charge in [-0.1, -0.05) is 58.4 Å². The molecule has 1 N–H and O–H groups in total. The van der Waals surface area contributed by atoms with Crippen LogP contribution in [0.4, 0.5) is 10.1 Å². The second-order valence-electron chi connectivity index (χ2n) is 8.59. The molecule has 0 fully saturated rings. The zero-order valence-corrected chi connectivity index (χ0v) is 23.3. The van der Waals surface area contributed by atoms with E-state index in [0.29, 0.717) is 51.7 Å². The smallest absolute Gasteiger partial charge is 0.266 e. The van der Waals surface area contributed by atoms with E-state index in [0.717, 1.165) is 5.56 Å². The van der Waals surface area contributed by atoms with E-state index >= 15 is 0 Å². The molecule has 0 aliphatic carbocycles. The quantitative estimate of drug-likeness (QED) is 0.141. The van der Waals surface area contributed by atoms with Crippen LogP contribution in [0.1, 0.15) is 23.6 Å². The summed E-state index contributed by atoms with van der Waals surface area (Å²) in [5.74, 6) is 0.619. The van der Waals surface area contributed by atoms with Crippen molar-refractivity contribution in [3.63, 3.8) is 0 Å². The number of carbonyl (C=O) groups excluding carboxylic acids is 1. The molecule has 0 saturated heterocycles. The van der Waals surface area contributed by atoms with E-state index in [9.17, 15) is 14.4 Å². The van der Waals surface area contributed by atoms with Gasteiger partial charge in [-0.3, -0.25) is 4.79 Å². The maximum atomic E-state index is 13.5. The third-order valence-electron chi connectivity index (χ3n) is 5.67. The maximum absolute atomic E-state index is 13.5. The Kier molecular flexibility index (Phi) is 9.92. The van der Waals surface area contributed by atoms with Crippen LogP contribution in [0.25, 0.3) is 6.08 Å². The van der Waals surface area contributed by atoms with Gasteiger partial charge in [-0.25, -0.2) is 4.39 Å². The standard InChI is InChI=1S/C32H26BrFN2O4/c1-2-38-30-17-24(29(33)18-31(30)40-21-23-9-6-10-26(34)15-23)16-25(19-35)32(37)36-27-11-13-28(14-12-27)39-20-22-7-4-3-5-8-22/h3-18H,2,20-21H2,1H3,(H,36,37)/b25-16+. The predicted octanol–water partition coefficient (Wildman–Crippen LogP) is 7.69. The third-order valence-corrected chi connectivity index (χ3v) is 6.36. The molecule has 0 heterocycles. The number of carbonyl (C=O) groups is 1. The van der Waals surface area contributed by atoms with Gasteiger partial charge >= 0.3 is 0 Å². The van der Waals surface area contributed by atoms with Crippen molar-refractivity contribution in [2.75, 3.05) is 11.9 Å². The number of ether oxygens (including phenoxy) is 3. The lowest BCUT2D eigenvalue weighted by molar-refractivity contribution is -0.112. The highest BCUT2D eigenvalue weighted by Gasteiger charge is 2.15. The fourth-order valence-corrected chi connectivity index (χ4v) is 4.15. The van der Waals surface area contributed by atoms with Crippen LogP contribution in [0.5, 0.6) is 17.2 Å². The maximum Gasteiger partial charge on any atom is 0.266 e. The Morgan fingerprint density at radius 3 is 2.30 bits per heavy atom. The van der Waals surface area contributed by atoms with Crippen LogP contribution in [0, 0.1) is 17.1 Å². The topological polar surface area (TPSA) is 80.6 Å². The van der Waals surface area contributed by atoms with E-state index in [-0.39, 0.29) is 18.0 Å². The number of halogens is 2. The molecule has 202 valence electrons. The summed E-state index contributed by atoms with van der Waals surface area (Å²) in [4.78, 5) is 12.9. The molecule has 0 aromatic heterocycles. The number of nitrogens with zero attached hydrogens (tertiary/aromatic N) is 1. The van der Waals surface area contributed by atoms with Gasteiger partial charge in [-0.15, -0.1) is 0 Å². The van der Waals surface area contributed by atoms with Crippen molar-refractivity contribution in [3.8, 4) is 23.3 Å². The lowest BCUT2D eigenvalue weighted by atomic mass is 10.1. The van der Waals surface area contributed by atoms with Gasteiger partial charge in [0.05, 0.1) is 6.61 Å².